The minimum atomic E-state index is -3.76. The molecule has 25 heteroatoms. The highest BCUT2D eigenvalue weighted by Gasteiger charge is 2.29. The summed E-state index contributed by atoms with van der Waals surface area (Å²) in [5, 5.41) is 18.5. The van der Waals surface area contributed by atoms with Crippen molar-refractivity contribution in [1.82, 2.24) is 34.0 Å². The molecule has 74 heavy (non-hydrogen) atoms. The van der Waals surface area contributed by atoms with Crippen molar-refractivity contribution < 1.29 is 27.2 Å². The first kappa shape index (κ1) is 54.7. The van der Waals surface area contributed by atoms with Crippen LogP contribution in [0.5, 0.6) is 0 Å². The second-order valence-electron chi connectivity index (χ2n) is 16.5. The van der Waals surface area contributed by atoms with Crippen molar-refractivity contribution in [2.24, 2.45) is 0 Å². The minimum Gasteiger partial charge on any atom is -0.367 e. The maximum atomic E-state index is 14.8. The number of sulfonamides is 1. The van der Waals surface area contributed by atoms with Crippen LogP contribution in [0.15, 0.2) is 121 Å². The van der Waals surface area contributed by atoms with Crippen LogP contribution >= 0.6 is 46.4 Å². The van der Waals surface area contributed by atoms with E-state index in [2.05, 4.69) is 76.9 Å². The van der Waals surface area contributed by atoms with E-state index in [-0.39, 0.29) is 69.3 Å². The zero-order chi connectivity index (χ0) is 53.1. The highest BCUT2D eigenvalue weighted by Crippen LogP contribution is 2.33. The molecule has 4 heterocycles. The van der Waals surface area contributed by atoms with E-state index in [9.17, 15) is 27.2 Å². The van der Waals surface area contributed by atoms with Gasteiger partial charge in [-0.1, -0.05) is 65.6 Å². The van der Waals surface area contributed by atoms with E-state index in [1.165, 1.54) is 41.8 Å². The molecule has 0 radical (unpaired) electrons. The molecule has 2 fully saturated rings. The van der Waals surface area contributed by atoms with Crippen molar-refractivity contribution in [3.63, 3.8) is 0 Å². The summed E-state index contributed by atoms with van der Waals surface area (Å²) < 4.78 is 42.6. The summed E-state index contributed by atoms with van der Waals surface area (Å²) in [6.07, 6.45) is 5.13. The molecule has 0 saturated carbocycles. The molecule has 3 amide bonds. The van der Waals surface area contributed by atoms with Crippen molar-refractivity contribution in [3.8, 4) is 0 Å². The number of hydrogen-bond donors (Lipinski definition) is 6. The number of piperazine rings is 2. The largest absolute Gasteiger partial charge is 0.367 e. The lowest BCUT2D eigenvalue weighted by Gasteiger charge is -2.34. The van der Waals surface area contributed by atoms with Gasteiger partial charge in [-0.05, 0) is 92.0 Å². The molecule has 2 aliphatic heterocycles. The van der Waals surface area contributed by atoms with Crippen LogP contribution in [-0.2, 0) is 24.4 Å². The molecule has 4 aromatic carbocycles. The molecule has 19 nitrogen and oxygen atoms in total. The number of halogens is 5. The maximum absolute atomic E-state index is 14.8. The molecule has 0 bridgehead atoms. The van der Waals surface area contributed by atoms with Crippen LogP contribution in [0.3, 0.4) is 0 Å². The van der Waals surface area contributed by atoms with Crippen molar-refractivity contribution in [2.45, 2.75) is 11.8 Å². The number of benzene rings is 4. The van der Waals surface area contributed by atoms with Crippen molar-refractivity contribution in [3.05, 3.63) is 142 Å². The van der Waals surface area contributed by atoms with Crippen molar-refractivity contribution in [1.29, 1.82) is 0 Å². The molecule has 0 spiro atoms. The van der Waals surface area contributed by atoms with Crippen LogP contribution in [0.1, 0.15) is 6.92 Å². The van der Waals surface area contributed by atoms with Gasteiger partial charge in [-0.25, -0.2) is 22.8 Å². The Labute approximate surface area is 446 Å². The second-order valence-corrected chi connectivity index (χ2v) is 20.0. The van der Waals surface area contributed by atoms with Crippen LogP contribution in [0.4, 0.5) is 67.7 Å². The smallest absolute Gasteiger partial charge is 0.247 e. The van der Waals surface area contributed by atoms with Crippen LogP contribution < -0.4 is 36.8 Å². The van der Waals surface area contributed by atoms with E-state index < -0.39 is 10.0 Å². The standard InChI is InChI=1S/C25H25Cl2N7O4S.C24H24Cl2FN7O/c1-3-23(36)31-22-8-7-18(14-20(22)26)29-24-21(27)15-28-25(32-24)30-17-5-4-6-19(13-17)39(37,38)34-11-9-33(10-12-34)16(2)35;1-3-22(35)31-20-6-4-15(12-17(20)25)29-23-18(26)14-28-24(32-23)30-16-5-7-21(19(27)13-16)34-10-8-33(2)9-11-34/h3-8,13-15H,1,9-12H2,2H3,(H,31,36)(H2,28,29,30,32);3-7,12-14H,1,8-11H2,2H3,(H,31,35)(H2,28,29,30,32). The van der Waals surface area contributed by atoms with Gasteiger partial charge < -0.3 is 46.6 Å². The number of carbonyl (C=O) groups excluding carboxylic acids is 3. The molecule has 2 aliphatic rings. The van der Waals surface area contributed by atoms with Gasteiger partial charge >= 0.3 is 0 Å². The maximum Gasteiger partial charge on any atom is 0.247 e. The molecule has 386 valence electrons. The Bertz CT molecular complexity index is 3200. The Morgan fingerprint density at radius 3 is 1.58 bits per heavy atom. The van der Waals surface area contributed by atoms with E-state index in [0.29, 0.717) is 68.8 Å². The van der Waals surface area contributed by atoms with Gasteiger partial charge in [0.2, 0.25) is 39.6 Å². The van der Waals surface area contributed by atoms with Gasteiger partial charge in [0.05, 0.1) is 44.4 Å². The van der Waals surface area contributed by atoms with Gasteiger partial charge in [0.15, 0.2) is 11.6 Å². The normalized spacial score (nSPS) is 13.9. The summed E-state index contributed by atoms with van der Waals surface area (Å²) in [7, 11) is -1.70. The predicted molar refractivity (Wildman–Crippen MR) is 291 cm³/mol. The third kappa shape index (κ3) is 14.3. The molecule has 6 aromatic rings. The van der Waals surface area contributed by atoms with E-state index in [4.69, 9.17) is 46.4 Å². The van der Waals surface area contributed by atoms with Crippen LogP contribution in [0.25, 0.3) is 0 Å². The number of anilines is 11. The van der Waals surface area contributed by atoms with Gasteiger partial charge in [0.25, 0.3) is 0 Å². The number of hydrogen-bond acceptors (Lipinski definition) is 15. The third-order valence-corrected chi connectivity index (χ3v) is 14.4. The Morgan fingerprint density at radius 1 is 0.622 bits per heavy atom. The Hall–Kier alpha value is -7.11. The second kappa shape index (κ2) is 24.7. The van der Waals surface area contributed by atoms with Gasteiger partial charge in [0.1, 0.15) is 15.9 Å². The van der Waals surface area contributed by atoms with Gasteiger partial charge in [-0.15, -0.1) is 0 Å². The first-order valence-electron chi connectivity index (χ1n) is 22.6. The SMILES string of the molecule is C=CC(=O)Nc1ccc(Nc2nc(Nc3ccc(N4CCN(C)CC4)c(F)c3)ncc2Cl)cc1Cl.C=CC(=O)Nc1ccc(Nc2nc(Nc3cccc(S(=O)(=O)N4CCN(C(C)=O)CC4)c3)ncc2Cl)cc1Cl. The number of amides is 3. The monoisotopic (exact) mass is 1100 g/mol. The van der Waals surface area contributed by atoms with Gasteiger partial charge in [-0.2, -0.15) is 14.3 Å². The van der Waals surface area contributed by atoms with Gasteiger partial charge in [0, 0.05) is 82.0 Å². The molecular formula is C49H49Cl4FN14O5S. The molecule has 6 N–H and O–H groups in total. The van der Waals surface area contributed by atoms with Crippen LogP contribution in [0, 0.1) is 5.82 Å². The molecule has 0 aliphatic carbocycles. The predicted octanol–water partition coefficient (Wildman–Crippen LogP) is 9.53. The average Bonchev–Trinajstić information content (AvgIpc) is 3.38. The lowest BCUT2D eigenvalue weighted by molar-refractivity contribution is -0.130. The number of rotatable bonds is 15. The number of nitrogens with one attached hydrogen (secondary N) is 6. The highest BCUT2D eigenvalue weighted by atomic mass is 35.5. The van der Waals surface area contributed by atoms with E-state index in [1.54, 1.807) is 65.6 Å². The fourth-order valence-electron chi connectivity index (χ4n) is 7.33. The minimum absolute atomic E-state index is 0.0767. The number of nitrogens with zero attached hydrogens (tertiary/aromatic N) is 8. The lowest BCUT2D eigenvalue weighted by atomic mass is 10.2. The third-order valence-electron chi connectivity index (χ3n) is 11.3. The number of likely N-dealkylation sites (N-methyl/N-ethyl adjacent to an activating group) is 1. The fourth-order valence-corrected chi connectivity index (χ4v) is 9.53. The number of carbonyl (C=O) groups is 3. The fraction of sp³-hybridized carbons (Fsp3) is 0.204. The van der Waals surface area contributed by atoms with E-state index in [1.807, 2.05) is 4.90 Å². The molecule has 0 unspecified atom stereocenters. The molecule has 2 aromatic heterocycles. The number of aromatic nitrogens is 4. The summed E-state index contributed by atoms with van der Waals surface area (Å²) in [6.45, 7) is 12.8. The Morgan fingerprint density at radius 2 is 1.11 bits per heavy atom. The summed E-state index contributed by atoms with van der Waals surface area (Å²) in [6, 6.07) is 21.2. The average molecular weight is 1110 g/mol. The molecule has 8 rings (SSSR count). The first-order valence-corrected chi connectivity index (χ1v) is 25.5. The van der Waals surface area contributed by atoms with Crippen LogP contribution in [-0.4, -0.2) is 120 Å². The lowest BCUT2D eigenvalue weighted by Crippen LogP contribution is -2.49. The summed E-state index contributed by atoms with van der Waals surface area (Å²) in [5.74, 6) is -0.123. The van der Waals surface area contributed by atoms with Gasteiger partial charge in [-0.3, -0.25) is 14.4 Å². The first-order chi connectivity index (χ1) is 35.4. The van der Waals surface area contributed by atoms with Crippen molar-refractivity contribution >= 4 is 137 Å². The molecule has 0 atom stereocenters. The molecule has 2 saturated heterocycles. The zero-order valence-electron chi connectivity index (χ0n) is 39.8. The molecular weight excluding hydrogens is 1060 g/mol. The van der Waals surface area contributed by atoms with E-state index >= 15 is 0 Å². The Kier molecular flexibility index (Phi) is 18.3. The quantitative estimate of drug-likeness (QED) is 0.0527. The topological polar surface area (TPSA) is 222 Å². The van der Waals surface area contributed by atoms with Crippen LogP contribution in [0.2, 0.25) is 20.1 Å². The zero-order valence-corrected chi connectivity index (χ0v) is 43.6. The summed E-state index contributed by atoms with van der Waals surface area (Å²) in [4.78, 5) is 57.8. The Balaban J connectivity index is 0.000000217. The van der Waals surface area contributed by atoms with E-state index in [0.717, 1.165) is 38.3 Å². The summed E-state index contributed by atoms with van der Waals surface area (Å²) >= 11 is 25.1. The van der Waals surface area contributed by atoms with Crippen molar-refractivity contribution in [2.75, 3.05) is 96.2 Å². The summed E-state index contributed by atoms with van der Waals surface area (Å²) in [5.41, 5.74) is 3.56. The highest BCUT2D eigenvalue weighted by molar-refractivity contribution is 7.89.